The van der Waals surface area contributed by atoms with Gasteiger partial charge in [-0.15, -0.1) is 0 Å². The highest BCUT2D eigenvalue weighted by Gasteiger charge is 2.13. The van der Waals surface area contributed by atoms with Gasteiger partial charge in [-0.05, 0) is 24.3 Å². The molecule has 0 saturated heterocycles. The Labute approximate surface area is 173 Å². The Morgan fingerprint density at radius 1 is 1.17 bits per heavy atom. The molecule has 8 heteroatoms. The predicted octanol–water partition coefficient (Wildman–Crippen LogP) is 3.35. The topological polar surface area (TPSA) is 93.5 Å². The number of aromatic amines is 1. The van der Waals surface area contributed by atoms with E-state index in [-0.39, 0.29) is 5.91 Å². The maximum atomic E-state index is 12.6. The Morgan fingerprint density at radius 3 is 2.77 bits per heavy atom. The number of hydrogen-bond acceptors (Lipinski definition) is 5. The molecule has 2 aromatic heterocycles. The van der Waals surface area contributed by atoms with Gasteiger partial charge in [0.25, 0.3) is 5.91 Å². The van der Waals surface area contributed by atoms with Crippen molar-refractivity contribution < 1.29 is 14.3 Å². The quantitative estimate of drug-likeness (QED) is 0.381. The molecule has 152 valence electrons. The second-order valence-corrected chi connectivity index (χ2v) is 6.64. The van der Waals surface area contributed by atoms with Gasteiger partial charge in [0.15, 0.2) is 11.5 Å². The van der Waals surface area contributed by atoms with Crippen molar-refractivity contribution in [2.75, 3.05) is 14.2 Å². The standard InChI is InChI=1S/C22H21N5O3/c1-27-13-17(16-6-4-5-7-18(16)27)22(28)26-24-12-15-11-23-25-21(15)14-8-9-19(29-2)20(10-14)30-3/h4-13H,1-3H3,(H,23,25)(H,26,28)/b24-12+. The average molecular weight is 403 g/mol. The van der Waals surface area contributed by atoms with Crippen molar-refractivity contribution in [2.24, 2.45) is 12.1 Å². The molecule has 0 spiro atoms. The summed E-state index contributed by atoms with van der Waals surface area (Å²) in [4.78, 5) is 12.6. The molecule has 4 rings (SSSR count). The van der Waals surface area contributed by atoms with Gasteiger partial charge in [-0.3, -0.25) is 9.89 Å². The molecular weight excluding hydrogens is 382 g/mol. The number of nitrogens with zero attached hydrogens (tertiary/aromatic N) is 3. The van der Waals surface area contributed by atoms with Crippen molar-refractivity contribution in [3.8, 4) is 22.8 Å². The van der Waals surface area contributed by atoms with Crippen LogP contribution in [0.5, 0.6) is 11.5 Å². The van der Waals surface area contributed by atoms with Crippen molar-refractivity contribution in [1.29, 1.82) is 0 Å². The number of para-hydroxylation sites is 1. The minimum atomic E-state index is -0.279. The summed E-state index contributed by atoms with van der Waals surface area (Å²) < 4.78 is 12.6. The number of carbonyl (C=O) groups is 1. The Morgan fingerprint density at radius 2 is 1.97 bits per heavy atom. The number of ether oxygens (including phenoxy) is 2. The molecule has 0 unspecified atom stereocenters. The Balaban J connectivity index is 1.55. The number of aromatic nitrogens is 3. The SMILES string of the molecule is COc1ccc(-c2[nH]ncc2/C=N/NC(=O)c2cn(C)c3ccccc23)cc1OC. The number of carbonyl (C=O) groups excluding carboxylic acids is 1. The van der Waals surface area contributed by atoms with E-state index in [4.69, 9.17) is 9.47 Å². The molecular formula is C22H21N5O3. The zero-order chi connectivity index (χ0) is 21.1. The van der Waals surface area contributed by atoms with Crippen LogP contribution in [0.1, 0.15) is 15.9 Å². The summed E-state index contributed by atoms with van der Waals surface area (Å²) in [6.45, 7) is 0. The number of rotatable bonds is 6. The first-order valence-electron chi connectivity index (χ1n) is 9.25. The van der Waals surface area contributed by atoms with Gasteiger partial charge in [0, 0.05) is 35.3 Å². The Hall–Kier alpha value is -4.07. The molecule has 0 radical (unpaired) electrons. The van der Waals surface area contributed by atoms with E-state index in [1.807, 2.05) is 54.1 Å². The molecule has 2 heterocycles. The van der Waals surface area contributed by atoms with Crippen LogP contribution in [0, 0.1) is 0 Å². The molecule has 8 nitrogen and oxygen atoms in total. The van der Waals surface area contributed by atoms with Crippen LogP contribution < -0.4 is 14.9 Å². The van der Waals surface area contributed by atoms with Gasteiger partial charge >= 0.3 is 0 Å². The summed E-state index contributed by atoms with van der Waals surface area (Å²) >= 11 is 0. The molecule has 0 atom stereocenters. The second-order valence-electron chi connectivity index (χ2n) is 6.64. The third-order valence-electron chi connectivity index (χ3n) is 4.85. The molecule has 30 heavy (non-hydrogen) atoms. The summed E-state index contributed by atoms with van der Waals surface area (Å²) in [5, 5.41) is 12.0. The summed E-state index contributed by atoms with van der Waals surface area (Å²) in [5.41, 5.74) is 6.47. The highest BCUT2D eigenvalue weighted by Crippen LogP contribution is 2.32. The van der Waals surface area contributed by atoms with E-state index < -0.39 is 0 Å². The summed E-state index contributed by atoms with van der Waals surface area (Å²) in [6.07, 6.45) is 4.99. The van der Waals surface area contributed by atoms with Crippen LogP contribution in [-0.4, -0.2) is 41.1 Å². The highest BCUT2D eigenvalue weighted by molar-refractivity contribution is 6.07. The van der Waals surface area contributed by atoms with Crippen LogP contribution in [0.3, 0.4) is 0 Å². The van der Waals surface area contributed by atoms with E-state index in [0.717, 1.165) is 27.7 Å². The van der Waals surface area contributed by atoms with E-state index in [1.165, 1.54) is 0 Å². The van der Waals surface area contributed by atoms with Gasteiger partial charge < -0.3 is 14.0 Å². The smallest absolute Gasteiger partial charge is 0.273 e. The number of aryl methyl sites for hydroxylation is 1. The van der Waals surface area contributed by atoms with Crippen LogP contribution in [0.15, 0.2) is 60.0 Å². The van der Waals surface area contributed by atoms with E-state index in [0.29, 0.717) is 17.1 Å². The molecule has 0 aliphatic rings. The molecule has 0 saturated carbocycles. The fraction of sp³-hybridized carbons (Fsp3) is 0.136. The summed E-state index contributed by atoms with van der Waals surface area (Å²) in [5.74, 6) is 0.967. The van der Waals surface area contributed by atoms with Crippen molar-refractivity contribution in [1.82, 2.24) is 20.2 Å². The average Bonchev–Trinajstić information content (AvgIpc) is 3.38. The van der Waals surface area contributed by atoms with Gasteiger partial charge in [0.1, 0.15) is 0 Å². The number of fused-ring (bicyclic) bond motifs is 1. The highest BCUT2D eigenvalue weighted by atomic mass is 16.5. The maximum Gasteiger partial charge on any atom is 0.273 e. The first-order valence-corrected chi connectivity index (χ1v) is 9.25. The van der Waals surface area contributed by atoms with Crippen molar-refractivity contribution in [3.63, 3.8) is 0 Å². The number of nitrogens with one attached hydrogen (secondary N) is 2. The third-order valence-corrected chi connectivity index (χ3v) is 4.85. The fourth-order valence-corrected chi connectivity index (χ4v) is 3.36. The Kier molecular flexibility index (Phi) is 5.21. The molecule has 1 amide bonds. The lowest BCUT2D eigenvalue weighted by molar-refractivity contribution is 0.0956. The minimum absolute atomic E-state index is 0.279. The number of hydrogen-bond donors (Lipinski definition) is 2. The van der Waals surface area contributed by atoms with Gasteiger partial charge in [-0.1, -0.05) is 18.2 Å². The molecule has 2 N–H and O–H groups in total. The largest absolute Gasteiger partial charge is 0.493 e. The molecule has 0 fully saturated rings. The number of benzene rings is 2. The second kappa shape index (κ2) is 8.12. The number of hydrazone groups is 1. The first-order chi connectivity index (χ1) is 14.6. The van der Waals surface area contributed by atoms with Crippen LogP contribution >= 0.6 is 0 Å². The van der Waals surface area contributed by atoms with Crippen molar-refractivity contribution >= 4 is 23.0 Å². The van der Waals surface area contributed by atoms with E-state index >= 15 is 0 Å². The van der Waals surface area contributed by atoms with Crippen molar-refractivity contribution in [2.45, 2.75) is 0 Å². The van der Waals surface area contributed by atoms with Gasteiger partial charge in [-0.25, -0.2) is 5.43 Å². The zero-order valence-electron chi connectivity index (χ0n) is 16.8. The molecule has 2 aromatic carbocycles. The van der Waals surface area contributed by atoms with Gasteiger partial charge in [0.05, 0.1) is 37.9 Å². The third kappa shape index (κ3) is 3.50. The number of methoxy groups -OCH3 is 2. The van der Waals surface area contributed by atoms with E-state index in [1.54, 1.807) is 32.8 Å². The molecule has 0 aliphatic carbocycles. The van der Waals surface area contributed by atoms with Gasteiger partial charge in [0.2, 0.25) is 0 Å². The van der Waals surface area contributed by atoms with Crippen LogP contribution in [-0.2, 0) is 7.05 Å². The lowest BCUT2D eigenvalue weighted by Crippen LogP contribution is -2.17. The van der Waals surface area contributed by atoms with Crippen LogP contribution in [0.2, 0.25) is 0 Å². The summed E-state index contributed by atoms with van der Waals surface area (Å²) in [6, 6.07) is 13.3. The van der Waals surface area contributed by atoms with E-state index in [9.17, 15) is 4.79 Å². The molecule has 4 aromatic rings. The monoisotopic (exact) mass is 403 g/mol. The lowest BCUT2D eigenvalue weighted by atomic mass is 10.1. The minimum Gasteiger partial charge on any atom is -0.493 e. The van der Waals surface area contributed by atoms with Gasteiger partial charge in [-0.2, -0.15) is 10.2 Å². The number of H-pyrrole nitrogens is 1. The first kappa shape index (κ1) is 19.3. The molecule has 0 bridgehead atoms. The lowest BCUT2D eigenvalue weighted by Gasteiger charge is -2.09. The summed E-state index contributed by atoms with van der Waals surface area (Å²) in [7, 11) is 5.08. The van der Waals surface area contributed by atoms with E-state index in [2.05, 4.69) is 20.7 Å². The van der Waals surface area contributed by atoms with Crippen molar-refractivity contribution in [3.05, 3.63) is 66.0 Å². The zero-order valence-corrected chi connectivity index (χ0v) is 16.8. The van der Waals surface area contributed by atoms with Crippen LogP contribution in [0.4, 0.5) is 0 Å². The number of amides is 1. The fourth-order valence-electron chi connectivity index (χ4n) is 3.36. The normalized spacial score (nSPS) is 11.2. The predicted molar refractivity (Wildman–Crippen MR) is 115 cm³/mol. The molecule has 0 aliphatic heterocycles. The maximum absolute atomic E-state index is 12.6. The Bertz CT molecular complexity index is 1240. The van der Waals surface area contributed by atoms with Crippen LogP contribution in [0.25, 0.3) is 22.2 Å².